The van der Waals surface area contributed by atoms with Crippen LogP contribution in [0.15, 0.2) is 85.1 Å². The first kappa shape index (κ1) is 23.4. The number of hydrogen-bond donors (Lipinski definition) is 1. The van der Waals surface area contributed by atoms with Crippen molar-refractivity contribution in [3.8, 4) is 0 Å². The van der Waals surface area contributed by atoms with Gasteiger partial charge in [-0.25, -0.2) is 0 Å². The van der Waals surface area contributed by atoms with Gasteiger partial charge in [0.05, 0.1) is 6.04 Å². The van der Waals surface area contributed by atoms with E-state index in [0.29, 0.717) is 12.3 Å². The van der Waals surface area contributed by atoms with Gasteiger partial charge in [-0.15, -0.1) is 0 Å². The Bertz CT molecular complexity index is 1250. The topological polar surface area (TPSA) is 39.3 Å². The van der Waals surface area contributed by atoms with E-state index in [-0.39, 0.29) is 11.9 Å². The lowest BCUT2D eigenvalue weighted by Crippen LogP contribution is -2.49. The van der Waals surface area contributed by atoms with Crippen LogP contribution in [0.5, 0.6) is 0 Å². The molecule has 35 heavy (non-hydrogen) atoms. The van der Waals surface area contributed by atoms with Crippen LogP contribution in [0.25, 0.3) is 10.9 Å². The lowest BCUT2D eigenvalue weighted by atomic mass is 9.93. The van der Waals surface area contributed by atoms with Crippen molar-refractivity contribution in [2.24, 2.45) is 0 Å². The number of aromatic nitrogens is 1. The fraction of sp³-hybridized carbons (Fsp3) is 0.323. The molecule has 0 spiro atoms. The molecule has 4 aromatic rings. The highest BCUT2D eigenvalue weighted by molar-refractivity contribution is 5.84. The average Bonchev–Trinajstić information content (AvgIpc) is 3.32. The second-order valence-corrected chi connectivity index (χ2v) is 9.91. The van der Waals surface area contributed by atoms with Gasteiger partial charge in [0, 0.05) is 49.7 Å². The van der Waals surface area contributed by atoms with Crippen LogP contribution in [0.2, 0.25) is 0 Å². The number of rotatable bonds is 7. The molecule has 0 bridgehead atoms. The maximum Gasteiger partial charge on any atom is 0.222 e. The van der Waals surface area contributed by atoms with E-state index >= 15 is 0 Å². The second-order valence-electron chi connectivity index (χ2n) is 9.91. The number of benzene rings is 3. The zero-order chi connectivity index (χ0) is 24.2. The molecule has 1 fully saturated rings. The summed E-state index contributed by atoms with van der Waals surface area (Å²) in [6.45, 7) is 7.78. The number of nitrogens with zero attached hydrogens (tertiary/aromatic N) is 2. The number of hydrogen-bond acceptors (Lipinski definition) is 2. The zero-order valence-corrected chi connectivity index (χ0v) is 20.8. The molecule has 1 saturated heterocycles. The third-order valence-electron chi connectivity index (χ3n) is 7.35. The first-order valence-electron chi connectivity index (χ1n) is 12.8. The molecule has 1 aromatic heterocycles. The summed E-state index contributed by atoms with van der Waals surface area (Å²) in [5.41, 5.74) is 6.35. The van der Waals surface area contributed by atoms with Crippen LogP contribution in [-0.4, -0.2) is 46.9 Å². The number of para-hydroxylation sites is 1. The predicted molar refractivity (Wildman–Crippen MR) is 144 cm³/mol. The molecule has 5 rings (SSSR count). The minimum atomic E-state index is 0.209. The normalized spacial score (nSPS) is 15.6. The van der Waals surface area contributed by atoms with E-state index in [1.54, 1.807) is 0 Å². The Morgan fingerprint density at radius 1 is 0.800 bits per heavy atom. The Morgan fingerprint density at radius 3 is 2.14 bits per heavy atom. The third kappa shape index (κ3) is 5.18. The Kier molecular flexibility index (Phi) is 7.01. The van der Waals surface area contributed by atoms with Gasteiger partial charge in [0.25, 0.3) is 0 Å². The predicted octanol–water partition coefficient (Wildman–Crippen LogP) is 6.16. The van der Waals surface area contributed by atoms with E-state index in [9.17, 15) is 4.79 Å². The molecule has 2 heterocycles. The van der Waals surface area contributed by atoms with Crippen LogP contribution in [0, 0.1) is 0 Å². The molecule has 0 radical (unpaired) electrons. The zero-order valence-electron chi connectivity index (χ0n) is 20.8. The van der Waals surface area contributed by atoms with Gasteiger partial charge in [-0.2, -0.15) is 0 Å². The molecule has 1 N–H and O–H groups in total. The van der Waals surface area contributed by atoms with Gasteiger partial charge in [-0.05, 0) is 40.7 Å². The first-order chi connectivity index (χ1) is 17.1. The SMILES string of the molecule is CC(C)c1ccc(C(c2ccccc2)N2CCN(C(=O)CCc3c[nH]c4ccccc34)CC2)cc1. The van der Waals surface area contributed by atoms with Crippen LogP contribution >= 0.6 is 0 Å². The van der Waals surface area contributed by atoms with E-state index in [0.717, 1.165) is 38.1 Å². The number of H-pyrrole nitrogens is 1. The summed E-state index contributed by atoms with van der Waals surface area (Å²) in [7, 11) is 0. The van der Waals surface area contributed by atoms with Crippen LogP contribution in [0.4, 0.5) is 0 Å². The number of amides is 1. The van der Waals surface area contributed by atoms with Gasteiger partial charge in [0.1, 0.15) is 0 Å². The van der Waals surface area contributed by atoms with Gasteiger partial charge < -0.3 is 9.88 Å². The van der Waals surface area contributed by atoms with Crippen LogP contribution in [-0.2, 0) is 11.2 Å². The van der Waals surface area contributed by atoms with E-state index in [4.69, 9.17) is 0 Å². The third-order valence-corrected chi connectivity index (χ3v) is 7.35. The average molecular weight is 466 g/mol. The molecule has 3 aromatic carbocycles. The van der Waals surface area contributed by atoms with E-state index in [2.05, 4.69) is 101 Å². The number of nitrogens with one attached hydrogen (secondary N) is 1. The monoisotopic (exact) mass is 465 g/mol. The smallest absolute Gasteiger partial charge is 0.222 e. The molecule has 4 nitrogen and oxygen atoms in total. The molecule has 1 aliphatic rings. The molecule has 1 amide bonds. The highest BCUT2D eigenvalue weighted by Crippen LogP contribution is 2.31. The lowest BCUT2D eigenvalue weighted by Gasteiger charge is -2.40. The van der Waals surface area contributed by atoms with Crippen molar-refractivity contribution in [1.82, 2.24) is 14.8 Å². The lowest BCUT2D eigenvalue weighted by molar-refractivity contribution is -0.133. The summed E-state index contributed by atoms with van der Waals surface area (Å²) in [5, 5.41) is 1.22. The largest absolute Gasteiger partial charge is 0.361 e. The van der Waals surface area contributed by atoms with Crippen molar-refractivity contribution < 1.29 is 4.79 Å². The van der Waals surface area contributed by atoms with Crippen LogP contribution < -0.4 is 0 Å². The molecule has 0 aliphatic carbocycles. The molecular weight excluding hydrogens is 430 g/mol. The fourth-order valence-corrected chi connectivity index (χ4v) is 5.28. The van der Waals surface area contributed by atoms with Gasteiger partial charge in [-0.3, -0.25) is 9.69 Å². The number of aryl methyl sites for hydroxylation is 1. The Morgan fingerprint density at radius 2 is 1.43 bits per heavy atom. The van der Waals surface area contributed by atoms with Gasteiger partial charge >= 0.3 is 0 Å². The molecule has 180 valence electrons. The molecule has 4 heteroatoms. The van der Waals surface area contributed by atoms with Crippen molar-refractivity contribution >= 4 is 16.8 Å². The minimum Gasteiger partial charge on any atom is -0.361 e. The number of aromatic amines is 1. The number of fused-ring (bicyclic) bond motifs is 1. The first-order valence-corrected chi connectivity index (χ1v) is 12.8. The van der Waals surface area contributed by atoms with Crippen molar-refractivity contribution in [2.75, 3.05) is 26.2 Å². The summed E-state index contributed by atoms with van der Waals surface area (Å²) in [4.78, 5) is 20.9. The second kappa shape index (κ2) is 10.5. The Balaban J connectivity index is 1.24. The summed E-state index contributed by atoms with van der Waals surface area (Å²) in [6, 6.07) is 28.4. The van der Waals surface area contributed by atoms with Gasteiger partial charge in [0.2, 0.25) is 5.91 Å². The molecular formula is C31H35N3O. The van der Waals surface area contributed by atoms with Crippen LogP contribution in [0.3, 0.4) is 0 Å². The fourth-order valence-electron chi connectivity index (χ4n) is 5.28. The Labute approximate surface area is 208 Å². The molecule has 1 atom stereocenters. The van der Waals surface area contributed by atoms with Crippen LogP contribution in [0.1, 0.15) is 54.5 Å². The van der Waals surface area contributed by atoms with Crippen molar-refractivity contribution in [2.45, 2.75) is 38.6 Å². The maximum atomic E-state index is 13.0. The summed E-state index contributed by atoms with van der Waals surface area (Å²) >= 11 is 0. The highest BCUT2D eigenvalue weighted by Gasteiger charge is 2.28. The Hall–Kier alpha value is -3.37. The van der Waals surface area contributed by atoms with Crippen molar-refractivity contribution in [3.63, 3.8) is 0 Å². The summed E-state index contributed by atoms with van der Waals surface area (Å²) in [6.07, 6.45) is 3.38. The van der Waals surface area contributed by atoms with Crippen molar-refractivity contribution in [1.29, 1.82) is 0 Å². The quantitative estimate of drug-likeness (QED) is 0.355. The highest BCUT2D eigenvalue weighted by atomic mass is 16.2. The standard InChI is InChI=1S/C31H35N3O/c1-23(2)24-12-14-26(15-13-24)31(25-8-4-3-5-9-25)34-20-18-33(19-21-34)30(35)17-16-27-22-32-29-11-7-6-10-28(27)29/h3-15,22-23,31-32H,16-21H2,1-2H3. The number of carbonyl (C=O) groups excluding carboxylic acids is 1. The summed E-state index contributed by atoms with van der Waals surface area (Å²) < 4.78 is 0. The number of carbonyl (C=O) groups is 1. The molecule has 1 unspecified atom stereocenters. The van der Waals surface area contributed by atoms with Gasteiger partial charge in [-0.1, -0.05) is 86.6 Å². The summed E-state index contributed by atoms with van der Waals surface area (Å²) in [5.74, 6) is 0.783. The molecule has 0 saturated carbocycles. The minimum absolute atomic E-state index is 0.209. The van der Waals surface area contributed by atoms with E-state index in [1.165, 1.54) is 27.6 Å². The van der Waals surface area contributed by atoms with Gasteiger partial charge in [0.15, 0.2) is 0 Å². The number of piperazine rings is 1. The maximum absolute atomic E-state index is 13.0. The van der Waals surface area contributed by atoms with Crippen molar-refractivity contribution in [3.05, 3.63) is 107 Å². The van der Waals surface area contributed by atoms with E-state index < -0.39 is 0 Å². The van der Waals surface area contributed by atoms with E-state index in [1.807, 2.05) is 12.3 Å². The molecule has 1 aliphatic heterocycles.